The number of carbonyl (C=O) groups is 3. The second kappa shape index (κ2) is 18.0. The molecule has 1 fully saturated rings. The van der Waals surface area contributed by atoms with Crippen molar-refractivity contribution in [2.24, 2.45) is 0 Å². The average molecular weight is 776 g/mol. The number of nitrogens with zero attached hydrogens (tertiary/aromatic N) is 3. The van der Waals surface area contributed by atoms with Crippen LogP contribution in [0.2, 0.25) is 0 Å². The Morgan fingerprint density at radius 2 is 1.55 bits per heavy atom. The Balaban J connectivity index is 0.000000876. The van der Waals surface area contributed by atoms with Crippen LogP contribution in [0.4, 0.5) is 11.4 Å². The fourth-order valence-corrected chi connectivity index (χ4v) is 8.13. The largest absolute Gasteiger partial charge is 0.744 e. The number of quaternary nitrogens is 1. The number of allylic oxidation sites excluding steroid dienone is 6. The van der Waals surface area contributed by atoms with Crippen molar-refractivity contribution in [3.63, 3.8) is 0 Å². The maximum absolute atomic E-state index is 12.2. The smallest absolute Gasteiger partial charge is 0.333 e. The lowest BCUT2D eigenvalue weighted by Crippen LogP contribution is -3.11. The zero-order valence-electron chi connectivity index (χ0n) is 34.0. The van der Waals surface area contributed by atoms with E-state index in [1.165, 1.54) is 54.3 Å². The predicted octanol–water partition coefficient (Wildman–Crippen LogP) is 5.80. The molecule has 0 aliphatic carbocycles. The number of amides is 2. The Morgan fingerprint density at radius 1 is 0.891 bits per heavy atom. The molecule has 3 aliphatic rings. The summed E-state index contributed by atoms with van der Waals surface area (Å²) in [4.78, 5) is 44.2. The van der Waals surface area contributed by atoms with Gasteiger partial charge in [0.1, 0.15) is 17.2 Å². The van der Waals surface area contributed by atoms with Crippen LogP contribution in [-0.2, 0) is 40.2 Å². The van der Waals surface area contributed by atoms with Gasteiger partial charge in [0.25, 0.3) is 11.8 Å². The lowest BCUT2D eigenvalue weighted by atomic mass is 9.81. The van der Waals surface area contributed by atoms with Crippen molar-refractivity contribution in [3.05, 3.63) is 89.2 Å². The van der Waals surface area contributed by atoms with Gasteiger partial charge in [-0.25, -0.2) is 13.2 Å². The maximum atomic E-state index is 12.2. The standard InChI is InChI=1S/C37H43N3O7S.C6H15N/c1-25-16-18-29-27(23-25)36(2,3)31(38(29)6)13-9-7-10-14-32-37(4,5)28-24-26(48(44,45)46)17-19-30(28)39(32)22-12-8-11-15-35(43)47-40-33(41)20-21-34(40)42;1-4-7(5-2)6-3/h7,9-10,13-14,16-19,23-24H,8,11-12,15,20-22H2,1-6H3;4-6H2,1-3H3/p+1. The molecule has 2 aromatic rings. The number of aryl methyl sites for hydroxylation is 1. The molecule has 2 amide bonds. The molecule has 3 heterocycles. The van der Waals surface area contributed by atoms with Gasteiger partial charge < -0.3 is 19.2 Å². The highest BCUT2D eigenvalue weighted by molar-refractivity contribution is 7.85. The number of rotatable bonds is 14. The van der Waals surface area contributed by atoms with Crippen LogP contribution >= 0.6 is 0 Å². The van der Waals surface area contributed by atoms with E-state index in [1.54, 1.807) is 11.0 Å². The molecule has 55 heavy (non-hydrogen) atoms. The summed E-state index contributed by atoms with van der Waals surface area (Å²) in [5.41, 5.74) is 6.69. The first kappa shape index (κ1) is 43.3. The minimum atomic E-state index is -4.63. The fraction of sp³-hybridized carbons (Fsp3) is 0.488. The van der Waals surface area contributed by atoms with Crippen LogP contribution < -0.4 is 9.80 Å². The van der Waals surface area contributed by atoms with Crippen molar-refractivity contribution in [1.82, 2.24) is 5.06 Å². The first-order chi connectivity index (χ1) is 25.9. The van der Waals surface area contributed by atoms with Crippen molar-refractivity contribution < 1.29 is 41.7 Å². The van der Waals surface area contributed by atoms with Crippen LogP contribution in [0.15, 0.2) is 77.4 Å². The van der Waals surface area contributed by atoms with Gasteiger partial charge in [-0.3, -0.25) is 9.59 Å². The lowest BCUT2D eigenvalue weighted by molar-refractivity contribution is -0.894. The van der Waals surface area contributed by atoms with Gasteiger partial charge in [-0.2, -0.15) is 4.58 Å². The van der Waals surface area contributed by atoms with E-state index in [0.717, 1.165) is 16.9 Å². The summed E-state index contributed by atoms with van der Waals surface area (Å²) in [5, 5.41) is 0.563. The van der Waals surface area contributed by atoms with Crippen LogP contribution in [-0.4, -0.2) is 79.3 Å². The normalized spacial score (nSPS) is 18.2. The fourth-order valence-electron chi connectivity index (χ4n) is 7.63. The number of fused-ring (bicyclic) bond motifs is 2. The third-order valence-corrected chi connectivity index (χ3v) is 11.9. The number of hydroxylamine groups is 2. The lowest BCUT2D eigenvalue weighted by Gasteiger charge is -2.27. The van der Waals surface area contributed by atoms with E-state index < -0.39 is 33.3 Å². The Morgan fingerprint density at radius 3 is 2.15 bits per heavy atom. The molecular weight excluding hydrogens is 717 g/mol. The van der Waals surface area contributed by atoms with E-state index in [-0.39, 0.29) is 29.6 Å². The van der Waals surface area contributed by atoms with Gasteiger partial charge in [0.15, 0.2) is 5.71 Å². The third kappa shape index (κ3) is 9.89. The van der Waals surface area contributed by atoms with E-state index in [9.17, 15) is 27.4 Å². The highest BCUT2D eigenvalue weighted by Gasteiger charge is 2.43. The molecule has 1 saturated heterocycles. The van der Waals surface area contributed by atoms with Gasteiger partial charge in [-0.15, -0.1) is 5.06 Å². The highest BCUT2D eigenvalue weighted by Crippen LogP contribution is 2.48. The van der Waals surface area contributed by atoms with Crippen molar-refractivity contribution in [2.45, 2.75) is 110 Å². The summed E-state index contributed by atoms with van der Waals surface area (Å²) < 4.78 is 37.9. The van der Waals surface area contributed by atoms with Crippen LogP contribution in [0.5, 0.6) is 0 Å². The van der Waals surface area contributed by atoms with Crippen LogP contribution in [0, 0.1) is 6.92 Å². The van der Waals surface area contributed by atoms with Gasteiger partial charge in [-0.1, -0.05) is 50.1 Å². The van der Waals surface area contributed by atoms with E-state index in [1.807, 2.05) is 38.2 Å². The minimum Gasteiger partial charge on any atom is -0.744 e. The van der Waals surface area contributed by atoms with Crippen LogP contribution in [0.3, 0.4) is 0 Å². The van der Waals surface area contributed by atoms with E-state index >= 15 is 0 Å². The molecule has 1 N–H and O–H groups in total. The molecule has 298 valence electrons. The molecule has 0 aromatic heterocycles. The van der Waals surface area contributed by atoms with Crippen LogP contribution in [0.25, 0.3) is 0 Å². The molecule has 5 rings (SSSR count). The minimum absolute atomic E-state index is 0.0485. The molecule has 0 saturated carbocycles. The van der Waals surface area contributed by atoms with Crippen molar-refractivity contribution in [3.8, 4) is 0 Å². The Hall–Kier alpha value is -4.39. The highest BCUT2D eigenvalue weighted by atomic mass is 32.2. The summed E-state index contributed by atoms with van der Waals surface area (Å²) in [7, 11) is -2.55. The summed E-state index contributed by atoms with van der Waals surface area (Å²) in [6.45, 7) is 21.6. The number of nitrogens with one attached hydrogen (secondary N) is 1. The molecule has 12 heteroatoms. The molecule has 0 atom stereocenters. The maximum Gasteiger partial charge on any atom is 0.333 e. The van der Waals surface area contributed by atoms with Crippen molar-refractivity contribution in [1.29, 1.82) is 0 Å². The first-order valence-corrected chi connectivity index (χ1v) is 20.8. The van der Waals surface area contributed by atoms with Gasteiger partial charge in [0, 0.05) is 60.3 Å². The molecule has 3 aliphatic heterocycles. The molecular formula is C43H59N4O7S+. The predicted molar refractivity (Wildman–Crippen MR) is 214 cm³/mol. The average Bonchev–Trinajstić information content (AvgIpc) is 3.63. The number of carbonyl (C=O) groups excluding carboxylic acids is 3. The molecule has 2 aromatic carbocycles. The molecule has 11 nitrogen and oxygen atoms in total. The number of unbranched alkanes of at least 4 members (excludes halogenated alkanes) is 2. The monoisotopic (exact) mass is 775 g/mol. The SMILES string of the molecule is CC[NH+](CC)CC.Cc1ccc2c(c1)C(C)(C)C(/C=C/C=C/C=C1\N(CCCCCC(=O)ON3C(=O)CCC3=O)c3ccc(S(=O)(=O)[O-])cc3C1(C)C)=[N+]2C. The summed E-state index contributed by atoms with van der Waals surface area (Å²) in [5.74, 6) is -1.63. The van der Waals surface area contributed by atoms with Crippen molar-refractivity contribution in [2.75, 3.05) is 38.1 Å². The molecule has 0 bridgehead atoms. The van der Waals surface area contributed by atoms with Gasteiger partial charge in [0.2, 0.25) is 5.69 Å². The molecule has 0 radical (unpaired) electrons. The zero-order valence-corrected chi connectivity index (χ0v) is 34.8. The number of hydrogen-bond acceptors (Lipinski definition) is 8. The Kier molecular flexibility index (Phi) is 14.2. The van der Waals surface area contributed by atoms with E-state index in [4.69, 9.17) is 4.84 Å². The first-order valence-electron chi connectivity index (χ1n) is 19.4. The van der Waals surface area contributed by atoms with E-state index in [2.05, 4.69) is 82.3 Å². The van der Waals surface area contributed by atoms with E-state index in [0.29, 0.717) is 30.9 Å². The molecule has 0 unspecified atom stereocenters. The summed E-state index contributed by atoms with van der Waals surface area (Å²) in [6.07, 6.45) is 12.2. The van der Waals surface area contributed by atoms with Gasteiger partial charge in [-0.05, 0) is 90.3 Å². The van der Waals surface area contributed by atoms with Gasteiger partial charge in [0.05, 0.1) is 29.9 Å². The van der Waals surface area contributed by atoms with Gasteiger partial charge >= 0.3 is 5.97 Å². The van der Waals surface area contributed by atoms with Crippen molar-refractivity contribution >= 4 is 45.0 Å². The Bertz CT molecular complexity index is 1980. The zero-order chi connectivity index (χ0) is 40.7. The number of hydrogen-bond donors (Lipinski definition) is 1. The quantitative estimate of drug-likeness (QED) is 0.0839. The summed E-state index contributed by atoms with van der Waals surface area (Å²) in [6, 6.07) is 11.0. The summed E-state index contributed by atoms with van der Waals surface area (Å²) >= 11 is 0. The number of imide groups is 1. The number of anilines is 1. The topological polar surface area (TPSA) is 132 Å². The molecule has 0 spiro atoms. The number of benzene rings is 2. The second-order valence-electron chi connectivity index (χ2n) is 15.5. The Labute approximate surface area is 327 Å². The third-order valence-electron chi connectivity index (χ3n) is 11.0. The van der Waals surface area contributed by atoms with Crippen LogP contribution in [0.1, 0.15) is 104 Å². The second-order valence-corrected chi connectivity index (χ2v) is 16.8.